The van der Waals surface area contributed by atoms with Crippen molar-refractivity contribution in [2.45, 2.75) is 56.4 Å². The number of alkyl halides is 3. The molecule has 3 heterocycles. The van der Waals surface area contributed by atoms with Crippen LogP contribution in [0.5, 0.6) is 0 Å². The number of fused-ring (bicyclic) bond motifs is 1. The molecule has 2 saturated heterocycles. The van der Waals surface area contributed by atoms with Crippen LogP contribution in [0.2, 0.25) is 0 Å². The van der Waals surface area contributed by atoms with Crippen molar-refractivity contribution in [2.24, 2.45) is 0 Å². The lowest BCUT2D eigenvalue weighted by molar-refractivity contribution is -0.189. The molecule has 202 valence electrons. The minimum absolute atomic E-state index is 0.0981. The molecular formula is C27H28F3N3O5. The Hall–Kier alpha value is -3.73. The summed E-state index contributed by atoms with van der Waals surface area (Å²) in [7, 11) is 0. The number of likely N-dealkylation sites (tertiary alicyclic amines) is 1. The van der Waals surface area contributed by atoms with E-state index >= 15 is 0 Å². The third-order valence-electron chi connectivity index (χ3n) is 7.34. The molecule has 3 aliphatic heterocycles. The van der Waals surface area contributed by atoms with Gasteiger partial charge < -0.3 is 10.0 Å². The van der Waals surface area contributed by atoms with Crippen molar-refractivity contribution in [1.29, 1.82) is 0 Å². The van der Waals surface area contributed by atoms with Crippen molar-refractivity contribution in [3.05, 3.63) is 70.8 Å². The Kier molecular flexibility index (Phi) is 8.15. The number of piperidine rings is 2. The molecule has 2 aromatic carbocycles. The van der Waals surface area contributed by atoms with Crippen molar-refractivity contribution in [3.8, 4) is 0 Å². The maximum absolute atomic E-state index is 13.9. The molecule has 2 atom stereocenters. The van der Waals surface area contributed by atoms with Crippen LogP contribution in [0.3, 0.4) is 0 Å². The number of hydrogen-bond acceptors (Lipinski definition) is 5. The predicted octanol–water partition coefficient (Wildman–Crippen LogP) is 3.63. The molecule has 3 amide bonds. The molecule has 0 bridgehead atoms. The SMILES string of the molecule is O=C1CCC(N2Cc3cc(C4CCN(C(c5ccccc5)C(F)(F)F)CC4)ccc3C2=O)C(=O)N1.O=CO. The third-order valence-corrected chi connectivity index (χ3v) is 7.34. The van der Waals surface area contributed by atoms with Crippen LogP contribution >= 0.6 is 0 Å². The van der Waals surface area contributed by atoms with Crippen LogP contribution in [0.1, 0.15) is 64.7 Å². The van der Waals surface area contributed by atoms with E-state index in [0.717, 1.165) is 11.1 Å². The molecule has 3 aliphatic rings. The van der Waals surface area contributed by atoms with E-state index in [1.165, 1.54) is 21.9 Å². The Morgan fingerprint density at radius 3 is 2.26 bits per heavy atom. The Labute approximate surface area is 217 Å². The van der Waals surface area contributed by atoms with Gasteiger partial charge in [0.1, 0.15) is 12.1 Å². The fraction of sp³-hybridized carbons (Fsp3) is 0.407. The van der Waals surface area contributed by atoms with Gasteiger partial charge in [0, 0.05) is 18.5 Å². The average molecular weight is 532 g/mol. The fourth-order valence-electron chi connectivity index (χ4n) is 5.58. The first kappa shape index (κ1) is 27.3. The summed E-state index contributed by atoms with van der Waals surface area (Å²) in [6, 6.07) is 11.3. The normalized spacial score (nSPS) is 21.3. The van der Waals surface area contributed by atoms with E-state index in [2.05, 4.69) is 5.32 Å². The second kappa shape index (κ2) is 11.3. The van der Waals surface area contributed by atoms with Gasteiger partial charge in [0.05, 0.1) is 0 Å². The molecule has 38 heavy (non-hydrogen) atoms. The first-order valence-electron chi connectivity index (χ1n) is 12.3. The monoisotopic (exact) mass is 531 g/mol. The predicted molar refractivity (Wildman–Crippen MR) is 130 cm³/mol. The third kappa shape index (κ3) is 5.72. The van der Waals surface area contributed by atoms with Crippen molar-refractivity contribution in [1.82, 2.24) is 15.1 Å². The van der Waals surface area contributed by atoms with Gasteiger partial charge in [-0.25, -0.2) is 0 Å². The van der Waals surface area contributed by atoms with Gasteiger partial charge in [-0.1, -0.05) is 42.5 Å². The van der Waals surface area contributed by atoms with Crippen LogP contribution in [-0.2, 0) is 20.9 Å². The van der Waals surface area contributed by atoms with Crippen LogP contribution < -0.4 is 5.32 Å². The van der Waals surface area contributed by atoms with E-state index in [1.807, 2.05) is 12.1 Å². The first-order valence-corrected chi connectivity index (χ1v) is 12.3. The Morgan fingerprint density at radius 2 is 1.66 bits per heavy atom. The Bertz CT molecular complexity index is 1200. The zero-order valence-corrected chi connectivity index (χ0v) is 20.5. The van der Waals surface area contributed by atoms with Crippen LogP contribution in [-0.4, -0.2) is 64.4 Å². The highest BCUT2D eigenvalue weighted by atomic mass is 19.4. The zero-order chi connectivity index (χ0) is 27.4. The molecule has 2 fully saturated rings. The summed E-state index contributed by atoms with van der Waals surface area (Å²) in [4.78, 5) is 48.0. The molecule has 0 saturated carbocycles. The number of nitrogens with zero attached hydrogens (tertiary/aromatic N) is 2. The molecule has 8 nitrogen and oxygen atoms in total. The van der Waals surface area contributed by atoms with E-state index < -0.39 is 24.2 Å². The van der Waals surface area contributed by atoms with Gasteiger partial charge in [-0.15, -0.1) is 0 Å². The highest BCUT2D eigenvalue weighted by molar-refractivity contribution is 6.05. The molecule has 2 aromatic rings. The van der Waals surface area contributed by atoms with E-state index in [0.29, 0.717) is 37.9 Å². The van der Waals surface area contributed by atoms with Gasteiger partial charge in [-0.3, -0.25) is 29.4 Å². The molecule has 0 spiro atoms. The number of carbonyl (C=O) groups is 4. The number of imide groups is 1. The zero-order valence-electron chi connectivity index (χ0n) is 20.5. The first-order chi connectivity index (χ1) is 18.1. The number of carbonyl (C=O) groups excluding carboxylic acids is 3. The maximum Gasteiger partial charge on any atom is 0.408 e. The quantitative estimate of drug-likeness (QED) is 0.461. The molecule has 0 aromatic heterocycles. The second-order valence-electron chi connectivity index (χ2n) is 9.59. The highest BCUT2D eigenvalue weighted by Crippen LogP contribution is 2.41. The van der Waals surface area contributed by atoms with Crippen LogP contribution in [0, 0.1) is 0 Å². The van der Waals surface area contributed by atoms with Crippen LogP contribution in [0.15, 0.2) is 48.5 Å². The largest absolute Gasteiger partial charge is 0.483 e. The van der Waals surface area contributed by atoms with Gasteiger partial charge in [-0.05, 0) is 61.0 Å². The van der Waals surface area contributed by atoms with Gasteiger partial charge in [0.25, 0.3) is 12.4 Å². The molecule has 2 unspecified atom stereocenters. The smallest absolute Gasteiger partial charge is 0.408 e. The molecule has 2 N–H and O–H groups in total. The van der Waals surface area contributed by atoms with E-state index in [1.54, 1.807) is 24.3 Å². The van der Waals surface area contributed by atoms with Crippen molar-refractivity contribution < 1.29 is 37.5 Å². The average Bonchev–Trinajstić information content (AvgIpc) is 3.20. The summed E-state index contributed by atoms with van der Waals surface area (Å²) in [5.41, 5.74) is 2.61. The Morgan fingerprint density at radius 1 is 1.00 bits per heavy atom. The van der Waals surface area contributed by atoms with E-state index in [4.69, 9.17) is 9.90 Å². The fourth-order valence-corrected chi connectivity index (χ4v) is 5.58. The van der Waals surface area contributed by atoms with Gasteiger partial charge in [0.15, 0.2) is 0 Å². The van der Waals surface area contributed by atoms with Gasteiger partial charge in [-0.2, -0.15) is 13.2 Å². The number of hydrogen-bond donors (Lipinski definition) is 2. The number of carboxylic acid groups (broad SMARTS) is 1. The number of halogens is 3. The minimum Gasteiger partial charge on any atom is -0.483 e. The molecule has 11 heteroatoms. The minimum atomic E-state index is -4.36. The standard InChI is InChI=1S/C26H26F3N3O3.CH2O2/c27-26(28,29)23(17-4-2-1-3-5-17)31-12-10-16(11-13-31)18-6-7-20-19(14-18)15-32(25(20)35)21-8-9-22(33)30-24(21)34;2-1-3/h1-7,14,16,21,23H,8-13,15H2,(H,30,33,34);1H,(H,2,3). The van der Waals surface area contributed by atoms with E-state index in [-0.39, 0.29) is 42.7 Å². The number of rotatable bonds is 4. The Balaban J connectivity index is 0.00000107. The summed E-state index contributed by atoms with van der Waals surface area (Å²) < 4.78 is 41.7. The summed E-state index contributed by atoms with van der Waals surface area (Å²) in [6.45, 7) is 0.682. The van der Waals surface area contributed by atoms with Gasteiger partial charge >= 0.3 is 6.18 Å². The topological polar surface area (TPSA) is 107 Å². The highest BCUT2D eigenvalue weighted by Gasteiger charge is 2.45. The second-order valence-corrected chi connectivity index (χ2v) is 9.59. The lowest BCUT2D eigenvalue weighted by Gasteiger charge is -2.38. The van der Waals surface area contributed by atoms with Crippen molar-refractivity contribution in [2.75, 3.05) is 13.1 Å². The number of amides is 3. The molecular weight excluding hydrogens is 503 g/mol. The molecule has 5 rings (SSSR count). The van der Waals surface area contributed by atoms with E-state index in [9.17, 15) is 27.6 Å². The lowest BCUT2D eigenvalue weighted by atomic mass is 9.87. The summed E-state index contributed by atoms with van der Waals surface area (Å²) >= 11 is 0. The molecule has 0 aliphatic carbocycles. The summed E-state index contributed by atoms with van der Waals surface area (Å²) in [6.07, 6.45) is -2.69. The van der Waals surface area contributed by atoms with Crippen molar-refractivity contribution >= 4 is 24.2 Å². The van der Waals surface area contributed by atoms with Gasteiger partial charge in [0.2, 0.25) is 11.8 Å². The van der Waals surface area contributed by atoms with Crippen LogP contribution in [0.4, 0.5) is 13.2 Å². The summed E-state index contributed by atoms with van der Waals surface area (Å²) in [5.74, 6) is -0.913. The lowest BCUT2D eigenvalue weighted by Crippen LogP contribution is -2.52. The van der Waals surface area contributed by atoms with Crippen LogP contribution in [0.25, 0.3) is 0 Å². The van der Waals surface area contributed by atoms with Crippen molar-refractivity contribution in [3.63, 3.8) is 0 Å². The molecule has 0 radical (unpaired) electrons. The summed E-state index contributed by atoms with van der Waals surface area (Å²) in [5, 5.41) is 9.18. The number of benzene rings is 2. The number of nitrogens with one attached hydrogen (secondary N) is 1. The maximum atomic E-state index is 13.9.